The van der Waals surface area contributed by atoms with E-state index in [0.29, 0.717) is 11.1 Å². The number of carboxylic acids is 1. The number of nitro groups is 1. The Morgan fingerprint density at radius 3 is 2.62 bits per heavy atom. The number of ether oxygens (including phenoxy) is 1. The fraction of sp³-hybridized carbons (Fsp3) is 0.143. The number of hydrogen-bond acceptors (Lipinski definition) is 5. The van der Waals surface area contributed by atoms with Gasteiger partial charge in [-0.05, 0) is 31.5 Å². The smallest absolute Gasteiger partial charge is 0.341 e. The van der Waals surface area contributed by atoms with Gasteiger partial charge >= 0.3 is 11.7 Å². The molecule has 2 rings (SSSR count). The van der Waals surface area contributed by atoms with E-state index in [-0.39, 0.29) is 22.9 Å². The molecular formula is C14H12N2O5. The van der Waals surface area contributed by atoms with Crippen LogP contribution in [0.1, 0.15) is 21.5 Å². The molecule has 0 radical (unpaired) electrons. The van der Waals surface area contributed by atoms with E-state index in [4.69, 9.17) is 4.74 Å². The molecule has 0 unspecified atom stereocenters. The maximum absolute atomic E-state index is 11.3. The third-order valence-electron chi connectivity index (χ3n) is 2.93. The van der Waals surface area contributed by atoms with Gasteiger partial charge in [0.1, 0.15) is 5.56 Å². The van der Waals surface area contributed by atoms with Crippen LogP contribution in [0.25, 0.3) is 0 Å². The van der Waals surface area contributed by atoms with Gasteiger partial charge in [-0.3, -0.25) is 10.1 Å². The molecule has 0 aliphatic rings. The first-order chi connectivity index (χ1) is 9.91. The van der Waals surface area contributed by atoms with E-state index >= 15 is 0 Å². The van der Waals surface area contributed by atoms with Crippen molar-refractivity contribution in [3.63, 3.8) is 0 Å². The summed E-state index contributed by atoms with van der Waals surface area (Å²) in [5, 5.41) is 20.3. The highest BCUT2D eigenvalue weighted by Crippen LogP contribution is 2.34. The second-order valence-electron chi connectivity index (χ2n) is 4.39. The quantitative estimate of drug-likeness (QED) is 0.685. The second kappa shape index (κ2) is 5.58. The van der Waals surface area contributed by atoms with Crippen LogP contribution in [-0.2, 0) is 0 Å². The van der Waals surface area contributed by atoms with E-state index in [1.807, 2.05) is 0 Å². The summed E-state index contributed by atoms with van der Waals surface area (Å²) >= 11 is 0. The van der Waals surface area contributed by atoms with Crippen LogP contribution in [0.3, 0.4) is 0 Å². The molecule has 0 fully saturated rings. The number of carboxylic acid groups (broad SMARTS) is 1. The van der Waals surface area contributed by atoms with Crippen LogP contribution in [0.15, 0.2) is 30.5 Å². The lowest BCUT2D eigenvalue weighted by Crippen LogP contribution is -2.05. The number of rotatable bonds is 4. The molecule has 0 saturated heterocycles. The van der Waals surface area contributed by atoms with Crippen LogP contribution in [0.4, 0.5) is 5.69 Å². The number of hydrogen-bond donors (Lipinski definition) is 1. The molecule has 0 atom stereocenters. The lowest BCUT2D eigenvalue weighted by Gasteiger charge is -2.10. The Bertz CT molecular complexity index is 666. The van der Waals surface area contributed by atoms with E-state index in [1.54, 1.807) is 26.0 Å². The zero-order chi connectivity index (χ0) is 15.6. The number of aryl methyl sites for hydroxylation is 2. The highest BCUT2D eigenvalue weighted by molar-refractivity contribution is 5.92. The van der Waals surface area contributed by atoms with E-state index in [1.165, 1.54) is 18.3 Å². The standard InChI is InChI=1S/C14H12N2O5/c1-8-6-7-15-13(11(8)14(17)18)21-10-5-3-4-9(2)12(10)16(19)20/h3-7H,1-2H3,(H,17,18). The summed E-state index contributed by atoms with van der Waals surface area (Å²) < 4.78 is 5.39. The number of pyridine rings is 1. The third kappa shape index (κ3) is 2.81. The Kier molecular flexibility index (Phi) is 3.84. The number of benzene rings is 1. The number of nitrogens with zero attached hydrogens (tertiary/aromatic N) is 2. The molecular weight excluding hydrogens is 276 g/mol. The van der Waals surface area contributed by atoms with Gasteiger partial charge in [0.15, 0.2) is 0 Å². The van der Waals surface area contributed by atoms with Crippen molar-refractivity contribution in [3.05, 3.63) is 57.3 Å². The van der Waals surface area contributed by atoms with Crippen molar-refractivity contribution in [3.8, 4) is 11.6 Å². The normalized spacial score (nSPS) is 10.2. The third-order valence-corrected chi connectivity index (χ3v) is 2.93. The molecule has 1 aromatic heterocycles. The molecule has 0 aliphatic heterocycles. The molecule has 108 valence electrons. The molecule has 0 saturated carbocycles. The molecule has 21 heavy (non-hydrogen) atoms. The van der Waals surface area contributed by atoms with Crippen molar-refractivity contribution < 1.29 is 19.6 Å². The molecule has 0 spiro atoms. The summed E-state index contributed by atoms with van der Waals surface area (Å²) in [5.41, 5.74) is 0.551. The molecule has 2 aromatic rings. The van der Waals surface area contributed by atoms with Crippen LogP contribution in [0.2, 0.25) is 0 Å². The van der Waals surface area contributed by atoms with Gasteiger partial charge in [-0.15, -0.1) is 0 Å². The monoisotopic (exact) mass is 288 g/mol. The zero-order valence-electron chi connectivity index (χ0n) is 11.4. The first kappa shape index (κ1) is 14.4. The molecule has 7 nitrogen and oxygen atoms in total. The Labute approximate surface area is 120 Å². The first-order valence-corrected chi connectivity index (χ1v) is 6.02. The van der Waals surface area contributed by atoms with Gasteiger partial charge in [0.05, 0.1) is 4.92 Å². The number of nitro benzene ring substituents is 1. The average molecular weight is 288 g/mol. The van der Waals surface area contributed by atoms with Gasteiger partial charge in [0.2, 0.25) is 11.6 Å². The Balaban J connectivity index is 2.54. The van der Waals surface area contributed by atoms with Crippen LogP contribution in [0.5, 0.6) is 11.6 Å². The largest absolute Gasteiger partial charge is 0.477 e. The van der Waals surface area contributed by atoms with E-state index < -0.39 is 10.9 Å². The lowest BCUT2D eigenvalue weighted by atomic mass is 10.1. The van der Waals surface area contributed by atoms with E-state index in [9.17, 15) is 20.0 Å². The van der Waals surface area contributed by atoms with Crippen LogP contribution >= 0.6 is 0 Å². The summed E-state index contributed by atoms with van der Waals surface area (Å²) in [6.45, 7) is 3.18. The highest BCUT2D eigenvalue weighted by atomic mass is 16.6. The number of aromatic nitrogens is 1. The predicted molar refractivity (Wildman–Crippen MR) is 73.8 cm³/mol. The van der Waals surface area contributed by atoms with Crippen LogP contribution in [-0.4, -0.2) is 21.0 Å². The average Bonchev–Trinajstić information content (AvgIpc) is 2.37. The SMILES string of the molecule is Cc1ccnc(Oc2cccc(C)c2[N+](=O)[O-])c1C(=O)O. The molecule has 1 aromatic carbocycles. The number of aromatic carboxylic acids is 1. The Hall–Kier alpha value is -2.96. The topological polar surface area (TPSA) is 103 Å². The second-order valence-corrected chi connectivity index (χ2v) is 4.39. The first-order valence-electron chi connectivity index (χ1n) is 6.02. The number of carbonyl (C=O) groups is 1. The molecule has 1 N–H and O–H groups in total. The van der Waals surface area contributed by atoms with Gasteiger partial charge in [0, 0.05) is 11.8 Å². The van der Waals surface area contributed by atoms with Crippen molar-refractivity contribution in [2.75, 3.05) is 0 Å². The molecule has 0 bridgehead atoms. The minimum atomic E-state index is -1.20. The maximum Gasteiger partial charge on any atom is 0.341 e. The van der Waals surface area contributed by atoms with Crippen molar-refractivity contribution in [2.45, 2.75) is 13.8 Å². The van der Waals surface area contributed by atoms with Gasteiger partial charge in [-0.25, -0.2) is 9.78 Å². The summed E-state index contributed by atoms with van der Waals surface area (Å²) in [5.74, 6) is -1.41. The number of para-hydroxylation sites is 1. The Morgan fingerprint density at radius 2 is 2.00 bits per heavy atom. The molecule has 7 heteroatoms. The molecule has 0 amide bonds. The Morgan fingerprint density at radius 1 is 1.29 bits per heavy atom. The van der Waals surface area contributed by atoms with Crippen molar-refractivity contribution in [1.82, 2.24) is 4.98 Å². The fourth-order valence-corrected chi connectivity index (χ4v) is 1.92. The zero-order valence-corrected chi connectivity index (χ0v) is 11.4. The van der Waals surface area contributed by atoms with Crippen LogP contribution in [0, 0.1) is 24.0 Å². The highest BCUT2D eigenvalue weighted by Gasteiger charge is 2.22. The van der Waals surface area contributed by atoms with Gasteiger partial charge in [-0.2, -0.15) is 0 Å². The fourth-order valence-electron chi connectivity index (χ4n) is 1.92. The molecule has 1 heterocycles. The van der Waals surface area contributed by atoms with Gasteiger partial charge in [-0.1, -0.05) is 12.1 Å². The van der Waals surface area contributed by atoms with Crippen molar-refractivity contribution in [2.24, 2.45) is 0 Å². The summed E-state index contributed by atoms with van der Waals surface area (Å²) in [6, 6.07) is 6.10. The van der Waals surface area contributed by atoms with Crippen LogP contribution < -0.4 is 4.74 Å². The van der Waals surface area contributed by atoms with Crippen molar-refractivity contribution >= 4 is 11.7 Å². The minimum Gasteiger partial charge on any atom is -0.477 e. The predicted octanol–water partition coefficient (Wildman–Crippen LogP) is 3.10. The summed E-state index contributed by atoms with van der Waals surface area (Å²) in [7, 11) is 0. The lowest BCUT2D eigenvalue weighted by molar-refractivity contribution is -0.386. The van der Waals surface area contributed by atoms with Crippen molar-refractivity contribution in [1.29, 1.82) is 0 Å². The maximum atomic E-state index is 11.3. The van der Waals surface area contributed by atoms with Gasteiger partial charge in [0.25, 0.3) is 0 Å². The van der Waals surface area contributed by atoms with E-state index in [0.717, 1.165) is 0 Å². The van der Waals surface area contributed by atoms with E-state index in [2.05, 4.69) is 4.98 Å². The summed E-state index contributed by atoms with van der Waals surface area (Å²) in [4.78, 5) is 25.7. The molecule has 0 aliphatic carbocycles. The van der Waals surface area contributed by atoms with Gasteiger partial charge < -0.3 is 9.84 Å². The minimum absolute atomic E-state index is 0.0411. The summed E-state index contributed by atoms with van der Waals surface area (Å²) in [6.07, 6.45) is 1.39.